The number of carboxylic acid groups (broad SMARTS) is 1. The number of piperidine rings is 1. The van der Waals surface area contributed by atoms with Crippen LogP contribution in [0, 0.1) is 17.6 Å². The summed E-state index contributed by atoms with van der Waals surface area (Å²) in [7, 11) is -2.89. The van der Waals surface area contributed by atoms with E-state index in [1.54, 1.807) is 4.90 Å². The molecular weight excluding hydrogens is 487 g/mol. The van der Waals surface area contributed by atoms with E-state index in [0.717, 1.165) is 12.8 Å². The van der Waals surface area contributed by atoms with E-state index in [1.165, 1.54) is 18.2 Å². The summed E-state index contributed by atoms with van der Waals surface area (Å²) in [6, 6.07) is 4.12. The number of alkyl halides is 3. The van der Waals surface area contributed by atoms with Crippen LogP contribution in [0.2, 0.25) is 0 Å². The molecule has 1 aromatic carbocycles. The Labute approximate surface area is 193 Å². The molecule has 2 saturated heterocycles. The summed E-state index contributed by atoms with van der Waals surface area (Å²) in [5.41, 5.74) is 0.0419. The molecule has 0 aromatic heterocycles. The first kappa shape index (κ1) is 26.3. The van der Waals surface area contributed by atoms with Gasteiger partial charge in [-0.3, -0.25) is 9.69 Å². The molecule has 0 unspecified atom stereocenters. The number of hydrogen-bond acceptors (Lipinski definition) is 5. The molecule has 1 aromatic rings. The second kappa shape index (κ2) is 10.1. The summed E-state index contributed by atoms with van der Waals surface area (Å²) in [5, 5.41) is 7.12. The van der Waals surface area contributed by atoms with Gasteiger partial charge in [-0.15, -0.1) is 0 Å². The molecule has 0 spiro atoms. The van der Waals surface area contributed by atoms with Crippen molar-refractivity contribution >= 4 is 21.7 Å². The average molecular weight is 512 g/mol. The Kier molecular flexibility index (Phi) is 7.85. The van der Waals surface area contributed by atoms with Gasteiger partial charge in [-0.1, -0.05) is 6.07 Å². The Morgan fingerprint density at radius 2 is 1.47 bits per heavy atom. The van der Waals surface area contributed by atoms with Crippen molar-refractivity contribution in [3.63, 3.8) is 0 Å². The number of hydrogen-bond donors (Lipinski definition) is 1. The molecule has 7 nitrogen and oxygen atoms in total. The number of rotatable bonds is 3. The van der Waals surface area contributed by atoms with Gasteiger partial charge in [0.1, 0.15) is 11.6 Å². The van der Waals surface area contributed by atoms with Crippen LogP contribution in [0.1, 0.15) is 30.7 Å². The van der Waals surface area contributed by atoms with Gasteiger partial charge in [0.25, 0.3) is 0 Å². The zero-order chi connectivity index (χ0) is 25.3. The van der Waals surface area contributed by atoms with Gasteiger partial charge in [0.2, 0.25) is 5.91 Å². The molecule has 190 valence electrons. The summed E-state index contributed by atoms with van der Waals surface area (Å²) in [5.74, 6) is -4.18. The lowest BCUT2D eigenvalue weighted by atomic mass is 10.0. The number of nitrogens with zero attached hydrogens (tertiary/aromatic N) is 2. The first-order valence-electron chi connectivity index (χ1n) is 10.8. The highest BCUT2D eigenvalue weighted by Crippen LogP contribution is 2.50. The maximum atomic E-state index is 13.9. The molecule has 2 heterocycles. The van der Waals surface area contributed by atoms with Crippen LogP contribution in [-0.4, -0.2) is 85.1 Å². The van der Waals surface area contributed by atoms with Gasteiger partial charge < -0.3 is 10.0 Å². The van der Waals surface area contributed by atoms with Crippen LogP contribution in [0.4, 0.5) is 22.0 Å². The van der Waals surface area contributed by atoms with Gasteiger partial charge in [0.15, 0.2) is 9.84 Å². The Balaban J connectivity index is 0.000000406. The molecule has 34 heavy (non-hydrogen) atoms. The first-order valence-corrected chi connectivity index (χ1v) is 12.6. The van der Waals surface area contributed by atoms with E-state index in [9.17, 15) is 35.2 Å². The lowest BCUT2D eigenvalue weighted by Crippen LogP contribution is -2.51. The third kappa shape index (κ3) is 6.44. The third-order valence-corrected chi connectivity index (χ3v) is 8.00. The minimum Gasteiger partial charge on any atom is -0.475 e. The standard InChI is InChI=1S/C19H24F2N2O3S.C2HF3O2/c20-16-2-1-3-17(21)18(16)14-12-15(14)19(24)23-6-4-13(5-7-23)22-8-10-27(25,26)11-9-22;3-2(4,5)1(6)7/h1-3,13-15H,4-12H2;(H,6,7)/t14-,15-;/m1./s1. The van der Waals surface area contributed by atoms with Gasteiger partial charge in [-0.2, -0.15) is 13.2 Å². The fourth-order valence-electron chi connectivity index (χ4n) is 4.43. The van der Waals surface area contributed by atoms with Crippen LogP contribution in [-0.2, 0) is 19.4 Å². The Morgan fingerprint density at radius 3 is 1.94 bits per heavy atom. The van der Waals surface area contributed by atoms with Gasteiger partial charge in [-0.05, 0) is 31.4 Å². The SMILES string of the molecule is O=C(O)C(F)(F)F.O=C([C@@H]1C[C@H]1c1c(F)cccc1F)N1CCC(N2CCS(=O)(=O)CC2)CC1. The molecular formula is C21H25F5N2O5S. The monoisotopic (exact) mass is 512 g/mol. The van der Waals surface area contributed by atoms with Crippen molar-refractivity contribution in [3.8, 4) is 0 Å². The maximum absolute atomic E-state index is 13.9. The van der Waals surface area contributed by atoms with Crippen molar-refractivity contribution in [3.05, 3.63) is 35.4 Å². The van der Waals surface area contributed by atoms with E-state index >= 15 is 0 Å². The zero-order valence-corrected chi connectivity index (χ0v) is 18.9. The minimum absolute atomic E-state index is 0.0117. The van der Waals surface area contributed by atoms with Gasteiger partial charge in [-0.25, -0.2) is 22.0 Å². The second-order valence-corrected chi connectivity index (χ2v) is 10.9. The molecule has 1 N–H and O–H groups in total. The van der Waals surface area contributed by atoms with Crippen LogP contribution < -0.4 is 0 Å². The van der Waals surface area contributed by atoms with Crippen molar-refractivity contribution in [2.24, 2.45) is 5.92 Å². The quantitative estimate of drug-likeness (QED) is 0.626. The summed E-state index contributed by atoms with van der Waals surface area (Å²) >= 11 is 0. The molecule has 1 aliphatic carbocycles. The molecule has 13 heteroatoms. The van der Waals surface area contributed by atoms with E-state index in [4.69, 9.17) is 9.90 Å². The van der Waals surface area contributed by atoms with E-state index in [-0.39, 0.29) is 34.8 Å². The summed E-state index contributed by atoms with van der Waals surface area (Å²) in [6.07, 6.45) is -2.95. The number of carboxylic acids is 1. The Hall–Kier alpha value is -2.28. The van der Waals surface area contributed by atoms with Gasteiger partial charge in [0.05, 0.1) is 11.5 Å². The smallest absolute Gasteiger partial charge is 0.475 e. The molecule has 1 amide bonds. The normalized spacial score (nSPS) is 25.3. The Morgan fingerprint density at radius 1 is 0.971 bits per heavy atom. The Bertz CT molecular complexity index is 991. The number of likely N-dealkylation sites (tertiary alicyclic amines) is 1. The predicted molar refractivity (Wildman–Crippen MR) is 111 cm³/mol. The van der Waals surface area contributed by atoms with E-state index in [0.29, 0.717) is 38.6 Å². The van der Waals surface area contributed by atoms with Crippen molar-refractivity contribution < 1.29 is 45.1 Å². The average Bonchev–Trinajstić information content (AvgIpc) is 3.53. The summed E-state index contributed by atoms with van der Waals surface area (Å²) in [6.45, 7) is 2.38. The lowest BCUT2D eigenvalue weighted by molar-refractivity contribution is -0.192. The van der Waals surface area contributed by atoms with Crippen molar-refractivity contribution in [1.29, 1.82) is 0 Å². The highest BCUT2D eigenvalue weighted by Gasteiger charge is 2.48. The number of aliphatic carboxylic acids is 1. The van der Waals surface area contributed by atoms with Gasteiger partial charge >= 0.3 is 12.1 Å². The summed E-state index contributed by atoms with van der Waals surface area (Å²) in [4.78, 5) is 25.6. The van der Waals surface area contributed by atoms with Crippen LogP contribution in [0.3, 0.4) is 0 Å². The molecule has 0 radical (unpaired) electrons. The van der Waals surface area contributed by atoms with E-state index < -0.39 is 33.6 Å². The molecule has 3 aliphatic rings. The molecule has 0 bridgehead atoms. The highest BCUT2D eigenvalue weighted by atomic mass is 32.2. The minimum atomic E-state index is -5.08. The molecule has 3 fully saturated rings. The fraction of sp³-hybridized carbons (Fsp3) is 0.619. The predicted octanol–water partition coefficient (Wildman–Crippen LogP) is 2.42. The molecule has 4 rings (SSSR count). The molecule has 2 aliphatic heterocycles. The number of sulfone groups is 1. The van der Waals surface area contributed by atoms with Gasteiger partial charge in [0, 0.05) is 49.6 Å². The highest BCUT2D eigenvalue weighted by molar-refractivity contribution is 7.91. The first-order chi connectivity index (χ1) is 15.8. The van der Waals surface area contributed by atoms with Crippen molar-refractivity contribution in [2.45, 2.75) is 37.4 Å². The van der Waals surface area contributed by atoms with Crippen LogP contribution in [0.25, 0.3) is 0 Å². The molecule has 2 atom stereocenters. The van der Waals surface area contributed by atoms with Crippen LogP contribution >= 0.6 is 0 Å². The van der Waals surface area contributed by atoms with Crippen molar-refractivity contribution in [2.75, 3.05) is 37.7 Å². The maximum Gasteiger partial charge on any atom is 0.490 e. The lowest BCUT2D eigenvalue weighted by Gasteiger charge is -2.40. The largest absolute Gasteiger partial charge is 0.490 e. The van der Waals surface area contributed by atoms with Crippen LogP contribution in [0.5, 0.6) is 0 Å². The third-order valence-electron chi connectivity index (χ3n) is 6.39. The van der Waals surface area contributed by atoms with E-state index in [2.05, 4.69) is 4.90 Å². The molecule has 1 saturated carbocycles. The summed E-state index contributed by atoms with van der Waals surface area (Å²) < 4.78 is 82.7. The fourth-order valence-corrected chi connectivity index (χ4v) is 5.66. The zero-order valence-electron chi connectivity index (χ0n) is 18.1. The number of carbonyl (C=O) groups is 2. The topological polar surface area (TPSA) is 95.0 Å². The number of carbonyl (C=O) groups excluding carboxylic acids is 1. The number of benzene rings is 1. The number of amides is 1. The second-order valence-electron chi connectivity index (χ2n) is 8.63. The number of halogens is 5. The van der Waals surface area contributed by atoms with Crippen LogP contribution in [0.15, 0.2) is 18.2 Å². The van der Waals surface area contributed by atoms with Crippen molar-refractivity contribution in [1.82, 2.24) is 9.80 Å². The van der Waals surface area contributed by atoms with E-state index in [1.807, 2.05) is 0 Å².